The van der Waals surface area contributed by atoms with E-state index in [1.165, 1.54) is 5.56 Å². The molecular formula is C20H26N4O2. The van der Waals surface area contributed by atoms with Crippen LogP contribution in [0.3, 0.4) is 0 Å². The highest BCUT2D eigenvalue weighted by Gasteiger charge is 2.44. The van der Waals surface area contributed by atoms with Crippen LogP contribution in [0.25, 0.3) is 0 Å². The van der Waals surface area contributed by atoms with E-state index in [0.29, 0.717) is 24.4 Å². The first-order valence-electron chi connectivity index (χ1n) is 9.31. The number of aromatic amines is 1. The molecule has 2 N–H and O–H groups in total. The standard InChI is InChI=1S/C20H26N4O2/c1-13-20(14(2)23-22-13)21-19(25)11-24-10-16(15-6-4-3-5-7-15)17-12-26-9-8-18(17)24/h3-7,16-18H,8-12H2,1-2H3,(H,21,25)(H,22,23). The van der Waals surface area contributed by atoms with Gasteiger partial charge >= 0.3 is 0 Å². The van der Waals surface area contributed by atoms with Gasteiger partial charge in [-0.25, -0.2) is 0 Å². The molecule has 6 nitrogen and oxygen atoms in total. The SMILES string of the molecule is Cc1n[nH]c(C)c1NC(=O)CN1CC(c2ccccc2)C2COCCC21. The van der Waals surface area contributed by atoms with Crippen LogP contribution in [0.2, 0.25) is 0 Å². The summed E-state index contributed by atoms with van der Waals surface area (Å²) >= 11 is 0. The predicted molar refractivity (Wildman–Crippen MR) is 100 cm³/mol. The molecule has 0 spiro atoms. The van der Waals surface area contributed by atoms with Crippen LogP contribution in [0, 0.1) is 19.8 Å². The van der Waals surface area contributed by atoms with Gasteiger partial charge in [0.25, 0.3) is 0 Å². The molecule has 3 heterocycles. The van der Waals surface area contributed by atoms with E-state index in [1.807, 2.05) is 19.9 Å². The lowest BCUT2D eigenvalue weighted by Crippen LogP contribution is -2.42. The molecule has 2 aliphatic heterocycles. The van der Waals surface area contributed by atoms with Crippen LogP contribution in [-0.4, -0.2) is 53.3 Å². The van der Waals surface area contributed by atoms with Crippen molar-refractivity contribution in [1.29, 1.82) is 0 Å². The molecule has 138 valence electrons. The molecule has 1 aromatic heterocycles. The van der Waals surface area contributed by atoms with Crippen molar-refractivity contribution in [3.05, 3.63) is 47.3 Å². The summed E-state index contributed by atoms with van der Waals surface area (Å²) in [6.07, 6.45) is 0.991. The number of aryl methyl sites for hydroxylation is 2. The molecule has 26 heavy (non-hydrogen) atoms. The number of benzene rings is 1. The highest BCUT2D eigenvalue weighted by molar-refractivity contribution is 5.93. The molecule has 1 amide bonds. The number of anilines is 1. The Balaban J connectivity index is 1.48. The Morgan fingerprint density at radius 2 is 2.15 bits per heavy atom. The third-order valence-corrected chi connectivity index (χ3v) is 5.75. The summed E-state index contributed by atoms with van der Waals surface area (Å²) in [6, 6.07) is 11.0. The van der Waals surface area contributed by atoms with Gasteiger partial charge in [0.1, 0.15) is 0 Å². The molecule has 4 rings (SSSR count). The molecule has 2 saturated heterocycles. The Bertz CT molecular complexity index is 754. The van der Waals surface area contributed by atoms with Crippen LogP contribution in [-0.2, 0) is 9.53 Å². The number of rotatable bonds is 4. The van der Waals surface area contributed by atoms with E-state index in [-0.39, 0.29) is 5.91 Å². The van der Waals surface area contributed by atoms with Gasteiger partial charge < -0.3 is 10.1 Å². The highest BCUT2D eigenvalue weighted by Crippen LogP contribution is 2.40. The first-order chi connectivity index (χ1) is 12.6. The van der Waals surface area contributed by atoms with Gasteiger partial charge in [-0.3, -0.25) is 14.8 Å². The van der Waals surface area contributed by atoms with Gasteiger partial charge in [-0.05, 0) is 25.8 Å². The van der Waals surface area contributed by atoms with Crippen LogP contribution >= 0.6 is 0 Å². The Morgan fingerprint density at radius 3 is 2.88 bits per heavy atom. The van der Waals surface area contributed by atoms with E-state index < -0.39 is 0 Å². The molecule has 0 aliphatic carbocycles. The number of carbonyl (C=O) groups is 1. The van der Waals surface area contributed by atoms with Gasteiger partial charge in [-0.15, -0.1) is 0 Å². The quantitative estimate of drug-likeness (QED) is 0.885. The van der Waals surface area contributed by atoms with Gasteiger partial charge in [0, 0.05) is 31.0 Å². The zero-order valence-electron chi connectivity index (χ0n) is 15.4. The maximum atomic E-state index is 12.7. The molecule has 3 unspecified atom stereocenters. The number of nitrogens with zero attached hydrogens (tertiary/aromatic N) is 2. The lowest BCUT2D eigenvalue weighted by molar-refractivity contribution is -0.118. The van der Waals surface area contributed by atoms with Crippen molar-refractivity contribution in [2.24, 2.45) is 5.92 Å². The van der Waals surface area contributed by atoms with E-state index in [0.717, 1.165) is 43.3 Å². The van der Waals surface area contributed by atoms with Crippen molar-refractivity contribution in [1.82, 2.24) is 15.1 Å². The maximum Gasteiger partial charge on any atom is 0.238 e. The second-order valence-corrected chi connectivity index (χ2v) is 7.40. The zero-order valence-corrected chi connectivity index (χ0v) is 15.4. The Hall–Kier alpha value is -2.18. The summed E-state index contributed by atoms with van der Waals surface area (Å²) in [7, 11) is 0. The van der Waals surface area contributed by atoms with Gasteiger partial charge in [-0.1, -0.05) is 30.3 Å². The molecule has 2 aromatic rings. The highest BCUT2D eigenvalue weighted by atomic mass is 16.5. The minimum absolute atomic E-state index is 0.0246. The molecule has 0 radical (unpaired) electrons. The monoisotopic (exact) mass is 354 g/mol. The molecule has 6 heteroatoms. The molecule has 3 atom stereocenters. The number of carbonyl (C=O) groups excluding carboxylic acids is 1. The average molecular weight is 354 g/mol. The number of amides is 1. The largest absolute Gasteiger partial charge is 0.381 e. The summed E-state index contributed by atoms with van der Waals surface area (Å²) < 4.78 is 5.77. The minimum atomic E-state index is 0.0246. The van der Waals surface area contributed by atoms with Crippen LogP contribution in [0.4, 0.5) is 5.69 Å². The fraction of sp³-hybridized carbons (Fsp3) is 0.500. The molecule has 2 fully saturated rings. The fourth-order valence-corrected chi connectivity index (χ4v) is 4.44. The van der Waals surface area contributed by atoms with Crippen molar-refractivity contribution in [3.63, 3.8) is 0 Å². The summed E-state index contributed by atoms with van der Waals surface area (Å²) in [5, 5.41) is 10.1. The molecule has 1 aromatic carbocycles. The number of ether oxygens (including phenoxy) is 1. The predicted octanol–water partition coefficient (Wildman–Crippen LogP) is 2.47. The summed E-state index contributed by atoms with van der Waals surface area (Å²) in [5.74, 6) is 0.902. The van der Waals surface area contributed by atoms with Gasteiger partial charge in [0.05, 0.1) is 30.2 Å². The second kappa shape index (κ2) is 7.21. The van der Waals surface area contributed by atoms with Crippen LogP contribution < -0.4 is 5.32 Å². The summed E-state index contributed by atoms with van der Waals surface area (Å²) in [6.45, 7) is 6.69. The number of hydrogen-bond donors (Lipinski definition) is 2. The summed E-state index contributed by atoms with van der Waals surface area (Å²) in [5.41, 5.74) is 3.86. The van der Waals surface area contributed by atoms with Gasteiger partial charge in [0.2, 0.25) is 5.91 Å². The van der Waals surface area contributed by atoms with Gasteiger partial charge in [0.15, 0.2) is 0 Å². The Kier molecular flexibility index (Phi) is 4.78. The first kappa shape index (κ1) is 17.2. The van der Waals surface area contributed by atoms with E-state index in [9.17, 15) is 4.79 Å². The van der Waals surface area contributed by atoms with Crippen molar-refractivity contribution in [3.8, 4) is 0 Å². The van der Waals surface area contributed by atoms with E-state index >= 15 is 0 Å². The van der Waals surface area contributed by atoms with Crippen molar-refractivity contribution >= 4 is 11.6 Å². The van der Waals surface area contributed by atoms with Crippen molar-refractivity contribution in [2.75, 3.05) is 31.6 Å². The van der Waals surface area contributed by atoms with Crippen molar-refractivity contribution < 1.29 is 9.53 Å². The molecular weight excluding hydrogens is 328 g/mol. The number of hydrogen-bond acceptors (Lipinski definition) is 4. The van der Waals surface area contributed by atoms with Crippen molar-refractivity contribution in [2.45, 2.75) is 32.2 Å². The van der Waals surface area contributed by atoms with Crippen LogP contribution in [0.1, 0.15) is 29.3 Å². The van der Waals surface area contributed by atoms with E-state index in [2.05, 4.69) is 44.7 Å². The Labute approximate surface area is 153 Å². The fourth-order valence-electron chi connectivity index (χ4n) is 4.44. The first-order valence-corrected chi connectivity index (χ1v) is 9.31. The molecule has 2 aliphatic rings. The minimum Gasteiger partial charge on any atom is -0.381 e. The zero-order chi connectivity index (χ0) is 18.1. The number of likely N-dealkylation sites (tertiary alicyclic amines) is 1. The average Bonchev–Trinajstić information content (AvgIpc) is 3.18. The number of fused-ring (bicyclic) bond motifs is 1. The van der Waals surface area contributed by atoms with E-state index in [1.54, 1.807) is 0 Å². The molecule has 0 bridgehead atoms. The smallest absolute Gasteiger partial charge is 0.238 e. The normalized spacial score (nSPS) is 25.8. The van der Waals surface area contributed by atoms with E-state index in [4.69, 9.17) is 4.74 Å². The number of H-pyrrole nitrogens is 1. The Morgan fingerprint density at radius 1 is 1.35 bits per heavy atom. The second-order valence-electron chi connectivity index (χ2n) is 7.40. The topological polar surface area (TPSA) is 70.2 Å². The van der Waals surface area contributed by atoms with Gasteiger partial charge in [-0.2, -0.15) is 5.10 Å². The van der Waals surface area contributed by atoms with Crippen LogP contribution in [0.5, 0.6) is 0 Å². The number of nitrogens with one attached hydrogen (secondary N) is 2. The number of aromatic nitrogens is 2. The lowest BCUT2D eigenvalue weighted by Gasteiger charge is -2.32. The lowest BCUT2D eigenvalue weighted by atomic mass is 9.84. The van der Waals surface area contributed by atoms with Crippen LogP contribution in [0.15, 0.2) is 30.3 Å². The molecule has 0 saturated carbocycles. The maximum absolute atomic E-state index is 12.7. The summed E-state index contributed by atoms with van der Waals surface area (Å²) in [4.78, 5) is 15.0. The third kappa shape index (κ3) is 3.27. The third-order valence-electron chi connectivity index (χ3n) is 5.75.